The molecule has 0 aromatic heterocycles. The van der Waals surface area contributed by atoms with Gasteiger partial charge in [-0.1, -0.05) is 60.7 Å². The van der Waals surface area contributed by atoms with Gasteiger partial charge in [0, 0.05) is 22.4 Å². The van der Waals surface area contributed by atoms with Gasteiger partial charge in [0.15, 0.2) is 0 Å². The molecule has 1 atom stereocenters. The van der Waals surface area contributed by atoms with Crippen LogP contribution < -0.4 is 11.1 Å². The van der Waals surface area contributed by atoms with Crippen molar-refractivity contribution in [3.63, 3.8) is 0 Å². The number of thioether (sulfide) groups is 1. The molecule has 0 heterocycles. The Kier molecular flexibility index (Phi) is 6.52. The number of hydrogen-bond donors (Lipinski definition) is 3. The first-order valence-electron chi connectivity index (χ1n) is 8.72. The summed E-state index contributed by atoms with van der Waals surface area (Å²) in [5.41, 5.74) is 8.73. The first-order valence-corrected chi connectivity index (χ1v) is 9.70. The standard InChI is InChI=1S/C22H22N2O2S/c23-19(13-16-7-3-1-4-8-16)22(26)24-18-11-12-21(20(25)14-18)27-15-17-9-5-2-6-10-17/h1-12,14,19,25H,13,15,23H2,(H,24,26). The van der Waals surface area contributed by atoms with E-state index in [9.17, 15) is 9.90 Å². The minimum absolute atomic E-state index is 0.144. The lowest BCUT2D eigenvalue weighted by Crippen LogP contribution is -2.37. The van der Waals surface area contributed by atoms with Crippen molar-refractivity contribution in [3.05, 3.63) is 90.0 Å². The minimum Gasteiger partial charge on any atom is -0.507 e. The summed E-state index contributed by atoms with van der Waals surface area (Å²) in [6.45, 7) is 0. The molecule has 0 saturated carbocycles. The van der Waals surface area contributed by atoms with Crippen molar-refractivity contribution in [2.45, 2.75) is 23.1 Å². The number of hydrogen-bond acceptors (Lipinski definition) is 4. The van der Waals surface area contributed by atoms with Gasteiger partial charge < -0.3 is 16.2 Å². The second kappa shape index (κ2) is 9.26. The summed E-state index contributed by atoms with van der Waals surface area (Å²) in [5, 5.41) is 13.0. The van der Waals surface area contributed by atoms with Gasteiger partial charge in [0.2, 0.25) is 5.91 Å². The Morgan fingerprint density at radius 3 is 2.22 bits per heavy atom. The molecule has 0 radical (unpaired) electrons. The minimum atomic E-state index is -0.651. The molecule has 1 amide bonds. The van der Waals surface area contributed by atoms with Crippen molar-refractivity contribution >= 4 is 23.4 Å². The number of rotatable bonds is 7. The molecule has 5 heteroatoms. The highest BCUT2D eigenvalue weighted by atomic mass is 32.2. The summed E-state index contributed by atoms with van der Waals surface area (Å²) in [4.78, 5) is 13.1. The van der Waals surface area contributed by atoms with Gasteiger partial charge >= 0.3 is 0 Å². The molecular formula is C22H22N2O2S. The van der Waals surface area contributed by atoms with E-state index in [0.29, 0.717) is 12.1 Å². The third kappa shape index (κ3) is 5.61. The first kappa shape index (κ1) is 19.0. The largest absolute Gasteiger partial charge is 0.507 e. The third-order valence-electron chi connectivity index (χ3n) is 4.10. The summed E-state index contributed by atoms with van der Waals surface area (Å²) in [5.74, 6) is 0.635. The van der Waals surface area contributed by atoms with Crippen molar-refractivity contribution in [2.24, 2.45) is 5.73 Å². The molecule has 27 heavy (non-hydrogen) atoms. The lowest BCUT2D eigenvalue weighted by Gasteiger charge is -2.13. The van der Waals surface area contributed by atoms with E-state index in [2.05, 4.69) is 5.32 Å². The van der Waals surface area contributed by atoms with Crippen LogP contribution in [-0.4, -0.2) is 17.1 Å². The molecule has 0 aliphatic heterocycles. The second-order valence-electron chi connectivity index (χ2n) is 6.24. The van der Waals surface area contributed by atoms with E-state index >= 15 is 0 Å². The van der Waals surface area contributed by atoms with Crippen LogP contribution in [0.15, 0.2) is 83.8 Å². The van der Waals surface area contributed by atoms with Gasteiger partial charge in [-0.15, -0.1) is 11.8 Å². The number of benzene rings is 3. The van der Waals surface area contributed by atoms with Gasteiger partial charge in [-0.3, -0.25) is 4.79 Å². The molecule has 0 saturated heterocycles. The van der Waals surface area contributed by atoms with Crippen LogP contribution in [0.5, 0.6) is 5.75 Å². The molecule has 3 aromatic carbocycles. The van der Waals surface area contributed by atoms with E-state index in [1.807, 2.05) is 60.7 Å². The van der Waals surface area contributed by atoms with E-state index in [0.717, 1.165) is 16.2 Å². The van der Waals surface area contributed by atoms with E-state index in [1.54, 1.807) is 30.0 Å². The topological polar surface area (TPSA) is 75.4 Å². The SMILES string of the molecule is NC(Cc1ccccc1)C(=O)Nc1ccc(SCc2ccccc2)c(O)c1. The smallest absolute Gasteiger partial charge is 0.241 e. The van der Waals surface area contributed by atoms with Crippen LogP contribution in [-0.2, 0) is 17.0 Å². The van der Waals surface area contributed by atoms with Gasteiger partial charge in [0.1, 0.15) is 5.75 Å². The van der Waals surface area contributed by atoms with Crippen molar-refractivity contribution in [3.8, 4) is 5.75 Å². The molecule has 3 aromatic rings. The van der Waals surface area contributed by atoms with Gasteiger partial charge in [-0.25, -0.2) is 0 Å². The summed E-state index contributed by atoms with van der Waals surface area (Å²) in [7, 11) is 0. The maximum absolute atomic E-state index is 12.3. The van der Waals surface area contributed by atoms with Crippen molar-refractivity contribution in [1.29, 1.82) is 0 Å². The number of anilines is 1. The number of phenolic OH excluding ortho intramolecular Hbond substituents is 1. The average molecular weight is 378 g/mol. The molecule has 138 valence electrons. The third-order valence-corrected chi connectivity index (χ3v) is 5.23. The molecule has 0 bridgehead atoms. The molecule has 0 fully saturated rings. The highest BCUT2D eigenvalue weighted by molar-refractivity contribution is 7.98. The Morgan fingerprint density at radius 2 is 1.59 bits per heavy atom. The monoisotopic (exact) mass is 378 g/mol. The second-order valence-corrected chi connectivity index (χ2v) is 7.26. The Morgan fingerprint density at radius 1 is 0.963 bits per heavy atom. The molecule has 4 nitrogen and oxygen atoms in total. The molecule has 0 aliphatic carbocycles. The Balaban J connectivity index is 1.57. The molecular weight excluding hydrogens is 356 g/mol. The quantitative estimate of drug-likeness (QED) is 0.539. The van der Waals surface area contributed by atoms with E-state index < -0.39 is 6.04 Å². The number of phenols is 1. The predicted molar refractivity (Wildman–Crippen MR) is 111 cm³/mol. The number of nitrogens with one attached hydrogen (secondary N) is 1. The Hall–Kier alpha value is -2.76. The number of carbonyl (C=O) groups is 1. The summed E-state index contributed by atoms with van der Waals surface area (Å²) in [6, 6.07) is 24.2. The van der Waals surface area contributed by atoms with Gasteiger partial charge in [0.25, 0.3) is 0 Å². The summed E-state index contributed by atoms with van der Waals surface area (Å²) < 4.78 is 0. The maximum Gasteiger partial charge on any atom is 0.241 e. The Labute approximate surface area is 163 Å². The van der Waals surface area contributed by atoms with Crippen molar-refractivity contribution in [1.82, 2.24) is 0 Å². The number of nitrogens with two attached hydrogens (primary N) is 1. The van der Waals surface area contributed by atoms with Crippen LogP contribution in [0.4, 0.5) is 5.69 Å². The van der Waals surface area contributed by atoms with E-state index in [4.69, 9.17) is 5.73 Å². The first-order chi connectivity index (χ1) is 13.1. The molecule has 4 N–H and O–H groups in total. The fraction of sp³-hybridized carbons (Fsp3) is 0.136. The van der Waals surface area contributed by atoms with Crippen LogP contribution >= 0.6 is 11.8 Å². The number of aromatic hydroxyl groups is 1. The summed E-state index contributed by atoms with van der Waals surface area (Å²) in [6.07, 6.45) is 0.462. The van der Waals surface area contributed by atoms with Crippen LogP contribution in [0.1, 0.15) is 11.1 Å². The molecule has 0 spiro atoms. The van der Waals surface area contributed by atoms with Gasteiger partial charge in [-0.2, -0.15) is 0 Å². The average Bonchev–Trinajstić information content (AvgIpc) is 2.69. The zero-order valence-electron chi connectivity index (χ0n) is 14.8. The van der Waals surface area contributed by atoms with Crippen LogP contribution in [0, 0.1) is 0 Å². The normalized spacial score (nSPS) is 11.7. The summed E-state index contributed by atoms with van der Waals surface area (Å²) >= 11 is 1.55. The van der Waals surface area contributed by atoms with Crippen molar-refractivity contribution in [2.75, 3.05) is 5.32 Å². The molecule has 0 aliphatic rings. The fourth-order valence-corrected chi connectivity index (χ4v) is 3.53. The predicted octanol–water partition coefficient (Wildman–Crippen LogP) is 4.19. The molecule has 3 rings (SSSR count). The van der Waals surface area contributed by atoms with E-state index in [-0.39, 0.29) is 11.7 Å². The fourth-order valence-electron chi connectivity index (χ4n) is 2.65. The highest BCUT2D eigenvalue weighted by Gasteiger charge is 2.15. The van der Waals surface area contributed by atoms with Crippen LogP contribution in [0.3, 0.4) is 0 Å². The maximum atomic E-state index is 12.3. The highest BCUT2D eigenvalue weighted by Crippen LogP contribution is 2.33. The van der Waals surface area contributed by atoms with Crippen LogP contribution in [0.25, 0.3) is 0 Å². The van der Waals surface area contributed by atoms with Gasteiger partial charge in [-0.05, 0) is 29.7 Å². The van der Waals surface area contributed by atoms with Gasteiger partial charge in [0.05, 0.1) is 6.04 Å². The van der Waals surface area contributed by atoms with E-state index in [1.165, 1.54) is 5.56 Å². The Bertz CT molecular complexity index is 885. The zero-order valence-corrected chi connectivity index (χ0v) is 15.7. The number of amides is 1. The lowest BCUT2D eigenvalue weighted by molar-refractivity contribution is -0.117. The van der Waals surface area contributed by atoms with Crippen molar-refractivity contribution < 1.29 is 9.90 Å². The van der Waals surface area contributed by atoms with Crippen LogP contribution in [0.2, 0.25) is 0 Å². The lowest BCUT2D eigenvalue weighted by atomic mass is 10.1. The molecule has 1 unspecified atom stereocenters. The number of carbonyl (C=O) groups excluding carboxylic acids is 1. The zero-order chi connectivity index (χ0) is 19.1.